The van der Waals surface area contributed by atoms with Crippen LogP contribution in [0.5, 0.6) is 0 Å². The molecule has 6 nitrogen and oxygen atoms in total. The zero-order chi connectivity index (χ0) is 10.9. The topological polar surface area (TPSA) is 102 Å². The predicted octanol–water partition coefficient (Wildman–Crippen LogP) is 0.452. The largest absolute Gasteiger partial charge is 0.481 e. The van der Waals surface area contributed by atoms with Crippen LogP contribution in [0.1, 0.15) is 38.5 Å². The third-order valence-electron chi connectivity index (χ3n) is 1.73. The number of rotatable bonds is 3. The lowest BCUT2D eigenvalue weighted by Gasteiger charge is -2.11. The molecule has 0 fully saturated rings. The Hall–Kier alpha value is -1.43. The third kappa shape index (κ3) is 2.08. The average molecular weight is 199 g/mol. The van der Waals surface area contributed by atoms with Crippen molar-refractivity contribution in [3.05, 3.63) is 11.8 Å². The van der Waals surface area contributed by atoms with Gasteiger partial charge in [0.2, 0.25) is 11.8 Å². The Morgan fingerprint density at radius 3 is 2.50 bits per heavy atom. The molecule has 1 aromatic rings. The van der Waals surface area contributed by atoms with Crippen molar-refractivity contribution < 1.29 is 14.3 Å². The monoisotopic (exact) mass is 199 g/mol. The second kappa shape index (κ2) is 3.38. The maximum Gasteiger partial charge on any atom is 0.315 e. The van der Waals surface area contributed by atoms with Crippen molar-refractivity contribution in [2.75, 3.05) is 0 Å². The Kier molecular flexibility index (Phi) is 2.57. The molecule has 0 amide bonds. The highest BCUT2D eigenvalue weighted by Crippen LogP contribution is 2.19. The van der Waals surface area contributed by atoms with Gasteiger partial charge in [0.25, 0.3) is 0 Å². The second-order valence-electron chi connectivity index (χ2n) is 3.73. The number of nitrogens with two attached hydrogens (primary N) is 1. The van der Waals surface area contributed by atoms with Crippen LogP contribution in [0.4, 0.5) is 0 Å². The van der Waals surface area contributed by atoms with Gasteiger partial charge in [-0.15, -0.1) is 10.2 Å². The maximum absolute atomic E-state index is 10.6. The van der Waals surface area contributed by atoms with Gasteiger partial charge in [-0.25, -0.2) is 0 Å². The van der Waals surface area contributed by atoms with Crippen LogP contribution in [-0.2, 0) is 10.3 Å². The van der Waals surface area contributed by atoms with Crippen molar-refractivity contribution in [1.29, 1.82) is 0 Å². The van der Waals surface area contributed by atoms with E-state index in [9.17, 15) is 4.79 Å². The lowest BCUT2D eigenvalue weighted by atomic mass is 10.1. The van der Waals surface area contributed by atoms with Crippen LogP contribution in [0.2, 0.25) is 0 Å². The SMILES string of the molecule is CC(C(=O)O)c1nnc(C(C)(C)N)o1. The molecule has 0 spiro atoms. The number of carboxylic acid groups (broad SMARTS) is 1. The first-order valence-corrected chi connectivity index (χ1v) is 4.18. The van der Waals surface area contributed by atoms with Crippen molar-refractivity contribution >= 4 is 5.97 Å². The van der Waals surface area contributed by atoms with Gasteiger partial charge < -0.3 is 15.3 Å². The Morgan fingerprint density at radius 1 is 1.57 bits per heavy atom. The highest BCUT2D eigenvalue weighted by Gasteiger charge is 2.26. The van der Waals surface area contributed by atoms with Crippen molar-refractivity contribution in [1.82, 2.24) is 10.2 Å². The molecule has 1 rings (SSSR count). The molecule has 1 heterocycles. The van der Waals surface area contributed by atoms with Gasteiger partial charge in [-0.2, -0.15) is 0 Å². The van der Waals surface area contributed by atoms with Gasteiger partial charge in [-0.1, -0.05) is 0 Å². The van der Waals surface area contributed by atoms with Gasteiger partial charge in [-0.3, -0.25) is 4.79 Å². The molecule has 3 N–H and O–H groups in total. The minimum atomic E-state index is -1.00. The summed E-state index contributed by atoms with van der Waals surface area (Å²) in [7, 11) is 0. The smallest absolute Gasteiger partial charge is 0.315 e. The molecule has 1 aromatic heterocycles. The second-order valence-corrected chi connectivity index (χ2v) is 3.73. The first kappa shape index (κ1) is 10.6. The molecule has 0 aromatic carbocycles. The molecule has 0 aliphatic carbocycles. The molecule has 0 aliphatic rings. The molecule has 1 unspecified atom stereocenters. The number of carbonyl (C=O) groups is 1. The van der Waals surface area contributed by atoms with Crippen LogP contribution in [-0.4, -0.2) is 21.3 Å². The van der Waals surface area contributed by atoms with E-state index < -0.39 is 17.4 Å². The first-order valence-electron chi connectivity index (χ1n) is 4.18. The number of nitrogens with zero attached hydrogens (tertiary/aromatic N) is 2. The lowest BCUT2D eigenvalue weighted by Crippen LogP contribution is -2.29. The summed E-state index contributed by atoms with van der Waals surface area (Å²) >= 11 is 0. The van der Waals surface area contributed by atoms with Crippen LogP contribution >= 0.6 is 0 Å². The molecule has 6 heteroatoms. The lowest BCUT2D eigenvalue weighted by molar-refractivity contribution is -0.138. The Morgan fingerprint density at radius 2 is 2.14 bits per heavy atom. The summed E-state index contributed by atoms with van der Waals surface area (Å²) in [5.41, 5.74) is 4.96. The summed E-state index contributed by atoms with van der Waals surface area (Å²) in [6.45, 7) is 4.88. The van der Waals surface area contributed by atoms with Gasteiger partial charge in [0, 0.05) is 0 Å². The van der Waals surface area contributed by atoms with Crippen LogP contribution in [0, 0.1) is 0 Å². The van der Waals surface area contributed by atoms with Crippen LogP contribution in [0.25, 0.3) is 0 Å². The van der Waals surface area contributed by atoms with E-state index in [1.165, 1.54) is 6.92 Å². The van der Waals surface area contributed by atoms with Gasteiger partial charge in [0.1, 0.15) is 5.92 Å². The zero-order valence-electron chi connectivity index (χ0n) is 8.31. The fourth-order valence-electron chi connectivity index (χ4n) is 0.776. The van der Waals surface area contributed by atoms with Crippen molar-refractivity contribution in [2.24, 2.45) is 5.73 Å². The molecular formula is C8H13N3O3. The molecule has 0 bridgehead atoms. The minimum Gasteiger partial charge on any atom is -0.481 e. The first-order chi connectivity index (χ1) is 6.32. The van der Waals surface area contributed by atoms with E-state index in [2.05, 4.69) is 10.2 Å². The van der Waals surface area contributed by atoms with E-state index >= 15 is 0 Å². The summed E-state index contributed by atoms with van der Waals surface area (Å²) < 4.78 is 5.14. The van der Waals surface area contributed by atoms with E-state index in [0.29, 0.717) is 0 Å². The average Bonchev–Trinajstić information content (AvgIpc) is 2.49. The Bertz CT molecular complexity index is 340. The van der Waals surface area contributed by atoms with Crippen LogP contribution < -0.4 is 5.73 Å². The molecule has 1 atom stereocenters. The zero-order valence-corrected chi connectivity index (χ0v) is 8.31. The van der Waals surface area contributed by atoms with Gasteiger partial charge in [-0.05, 0) is 20.8 Å². The molecule has 78 valence electrons. The third-order valence-corrected chi connectivity index (χ3v) is 1.73. The van der Waals surface area contributed by atoms with Crippen LogP contribution in [0.3, 0.4) is 0 Å². The number of hydrogen-bond donors (Lipinski definition) is 2. The number of hydrogen-bond acceptors (Lipinski definition) is 5. The van der Waals surface area contributed by atoms with Crippen molar-refractivity contribution in [3.8, 4) is 0 Å². The highest BCUT2D eigenvalue weighted by molar-refractivity contribution is 5.73. The summed E-state index contributed by atoms with van der Waals surface area (Å²) in [5, 5.41) is 16.0. The molecule has 14 heavy (non-hydrogen) atoms. The Labute approximate surface area is 81.1 Å². The van der Waals surface area contributed by atoms with E-state index in [0.717, 1.165) is 0 Å². The Balaban J connectivity index is 2.94. The number of aliphatic carboxylic acids is 1. The fourth-order valence-corrected chi connectivity index (χ4v) is 0.776. The van der Waals surface area contributed by atoms with Crippen LogP contribution in [0.15, 0.2) is 4.42 Å². The summed E-state index contributed by atoms with van der Waals surface area (Å²) in [6, 6.07) is 0. The fraction of sp³-hybridized carbons (Fsp3) is 0.625. The molecule has 0 radical (unpaired) electrons. The summed E-state index contributed by atoms with van der Waals surface area (Å²) in [6.07, 6.45) is 0. The van der Waals surface area contributed by atoms with Gasteiger partial charge >= 0.3 is 5.97 Å². The molecular weight excluding hydrogens is 186 g/mol. The summed E-state index contributed by atoms with van der Waals surface area (Å²) in [4.78, 5) is 10.6. The van der Waals surface area contributed by atoms with E-state index in [1.54, 1.807) is 13.8 Å². The summed E-state index contributed by atoms with van der Waals surface area (Å²) in [5.74, 6) is -1.50. The molecule has 0 aliphatic heterocycles. The standard InChI is InChI=1S/C8H13N3O3/c1-4(6(12)13)5-10-11-7(14-5)8(2,3)9/h4H,9H2,1-3H3,(H,12,13). The molecule has 0 saturated heterocycles. The van der Waals surface area contributed by atoms with E-state index in [1.807, 2.05) is 0 Å². The number of aromatic nitrogens is 2. The molecule has 0 saturated carbocycles. The maximum atomic E-state index is 10.6. The van der Waals surface area contributed by atoms with Crippen molar-refractivity contribution in [3.63, 3.8) is 0 Å². The predicted molar refractivity (Wildman–Crippen MR) is 47.6 cm³/mol. The minimum absolute atomic E-state index is 0.0750. The van der Waals surface area contributed by atoms with E-state index in [4.69, 9.17) is 15.3 Å². The highest BCUT2D eigenvalue weighted by atomic mass is 16.4. The number of carboxylic acids is 1. The van der Waals surface area contributed by atoms with Crippen molar-refractivity contribution in [2.45, 2.75) is 32.2 Å². The van der Waals surface area contributed by atoms with E-state index in [-0.39, 0.29) is 11.8 Å². The van der Waals surface area contributed by atoms with Gasteiger partial charge in [0.15, 0.2) is 0 Å². The quantitative estimate of drug-likeness (QED) is 0.732. The van der Waals surface area contributed by atoms with Gasteiger partial charge in [0.05, 0.1) is 5.54 Å². The normalized spacial score (nSPS) is 14.0.